The van der Waals surface area contributed by atoms with Crippen LogP contribution in [0.15, 0.2) is 24.3 Å². The summed E-state index contributed by atoms with van der Waals surface area (Å²) in [6, 6.07) is -0.824. The molecule has 1 fully saturated rings. The highest BCUT2D eigenvalue weighted by atomic mass is 16.7. The summed E-state index contributed by atoms with van der Waals surface area (Å²) >= 11 is 0. The minimum absolute atomic E-state index is 0.00683. The second-order valence-electron chi connectivity index (χ2n) is 22.8. The van der Waals surface area contributed by atoms with Crippen LogP contribution in [0.25, 0.3) is 0 Å². The minimum Gasteiger partial charge on any atom is -0.466 e. The molecule has 0 bridgehead atoms. The van der Waals surface area contributed by atoms with Crippen molar-refractivity contribution in [2.45, 2.75) is 358 Å². The zero-order valence-corrected chi connectivity index (χ0v) is 49.5. The highest BCUT2D eigenvalue weighted by Crippen LogP contribution is 2.23. The molecule has 1 rings (SSSR count). The third-order valence-electron chi connectivity index (χ3n) is 15.6. The first-order valence-electron chi connectivity index (χ1n) is 32.6. The molecule has 76 heavy (non-hydrogen) atoms. The van der Waals surface area contributed by atoms with E-state index in [2.05, 4.69) is 31.3 Å². The SMILES string of the molecule is CCCCCCC/C=C/CC/C=C/C(O)C(COC1OC(CO)C(O)C(O)C1O)NC(=O)CCCCCCCCCCCCCCCCCCCCCCCCCCCCOC(=O)CCCCCCCCCCCCC. The van der Waals surface area contributed by atoms with Crippen molar-refractivity contribution in [1.82, 2.24) is 5.32 Å². The number of carbonyl (C=O) groups excluding carboxylic acids is 2. The molecule has 0 saturated carbocycles. The number of hydrogen-bond acceptors (Lipinski definition) is 10. The molecule has 7 unspecified atom stereocenters. The lowest BCUT2D eigenvalue weighted by Crippen LogP contribution is -2.60. The zero-order chi connectivity index (χ0) is 55.2. The van der Waals surface area contributed by atoms with Gasteiger partial charge in [-0.15, -0.1) is 0 Å². The molecule has 1 amide bonds. The van der Waals surface area contributed by atoms with Crippen LogP contribution in [-0.4, -0.2) is 100 Å². The summed E-state index contributed by atoms with van der Waals surface area (Å²) in [5.41, 5.74) is 0. The summed E-state index contributed by atoms with van der Waals surface area (Å²) in [5.74, 6) is -0.183. The smallest absolute Gasteiger partial charge is 0.305 e. The van der Waals surface area contributed by atoms with Crippen LogP contribution in [0.1, 0.15) is 316 Å². The Hall–Kier alpha value is -1.86. The van der Waals surface area contributed by atoms with Gasteiger partial charge in [0.25, 0.3) is 0 Å². The standard InChI is InChI=1S/C65H123NO10/c1-3-5-7-9-11-13-31-35-39-43-47-51-58(68)57(56-75-65-64(73)63(72)62(71)59(55-67)76-65)66-60(69)52-48-44-40-36-33-29-27-25-23-21-19-17-15-16-18-20-22-24-26-28-30-34-38-42-46-50-54-74-61(70)53-49-45-41-37-32-14-12-10-8-6-4-2/h31,35,47,51,57-59,62-65,67-68,71-73H,3-30,32-34,36-46,48-50,52-56H2,1-2H3,(H,66,69)/b35-31+,51-47+. The Bertz CT molecular complexity index is 1310. The molecule has 0 aliphatic carbocycles. The molecule has 448 valence electrons. The maximum absolute atomic E-state index is 13.0. The number of ether oxygens (including phenoxy) is 3. The van der Waals surface area contributed by atoms with E-state index < -0.39 is 49.5 Å². The van der Waals surface area contributed by atoms with E-state index >= 15 is 0 Å². The van der Waals surface area contributed by atoms with E-state index in [1.54, 1.807) is 6.08 Å². The summed E-state index contributed by atoms with van der Waals surface area (Å²) in [6.45, 7) is 4.33. The van der Waals surface area contributed by atoms with Gasteiger partial charge >= 0.3 is 5.97 Å². The Labute approximate surface area is 467 Å². The largest absolute Gasteiger partial charge is 0.466 e. The van der Waals surface area contributed by atoms with Crippen molar-refractivity contribution in [2.75, 3.05) is 19.8 Å². The number of aliphatic hydroxyl groups excluding tert-OH is 5. The fraction of sp³-hybridized carbons (Fsp3) is 0.908. The van der Waals surface area contributed by atoms with E-state index in [0.717, 1.165) is 57.8 Å². The van der Waals surface area contributed by atoms with Gasteiger partial charge in [0.05, 0.1) is 32.0 Å². The van der Waals surface area contributed by atoms with Crippen molar-refractivity contribution in [3.8, 4) is 0 Å². The Morgan fingerprint density at radius 2 is 0.855 bits per heavy atom. The zero-order valence-electron chi connectivity index (χ0n) is 49.5. The van der Waals surface area contributed by atoms with Crippen molar-refractivity contribution in [2.24, 2.45) is 0 Å². The number of rotatable bonds is 57. The van der Waals surface area contributed by atoms with E-state index in [9.17, 15) is 35.1 Å². The number of nitrogens with one attached hydrogen (secondary N) is 1. The van der Waals surface area contributed by atoms with Gasteiger partial charge in [-0.2, -0.15) is 0 Å². The van der Waals surface area contributed by atoms with Crippen LogP contribution in [-0.2, 0) is 23.8 Å². The third kappa shape index (κ3) is 44.0. The van der Waals surface area contributed by atoms with Crippen molar-refractivity contribution in [3.63, 3.8) is 0 Å². The molecule has 0 radical (unpaired) electrons. The van der Waals surface area contributed by atoms with Gasteiger partial charge in [0, 0.05) is 12.8 Å². The highest BCUT2D eigenvalue weighted by Gasteiger charge is 2.44. The molecule has 1 saturated heterocycles. The monoisotopic (exact) mass is 1080 g/mol. The van der Waals surface area contributed by atoms with Gasteiger partial charge in [-0.3, -0.25) is 9.59 Å². The summed E-state index contributed by atoms with van der Waals surface area (Å²) in [4.78, 5) is 25.0. The Morgan fingerprint density at radius 3 is 1.30 bits per heavy atom. The number of allylic oxidation sites excluding steroid dienone is 3. The van der Waals surface area contributed by atoms with E-state index in [0.29, 0.717) is 19.4 Å². The highest BCUT2D eigenvalue weighted by molar-refractivity contribution is 5.76. The van der Waals surface area contributed by atoms with Crippen molar-refractivity contribution in [3.05, 3.63) is 24.3 Å². The minimum atomic E-state index is -1.57. The molecular formula is C65H123NO10. The molecule has 7 atom stereocenters. The van der Waals surface area contributed by atoms with Gasteiger partial charge in [-0.05, 0) is 44.9 Å². The first-order chi connectivity index (χ1) is 37.2. The molecule has 0 aromatic heterocycles. The quantitative estimate of drug-likeness (QED) is 0.0195. The van der Waals surface area contributed by atoms with Crippen molar-refractivity contribution < 1.29 is 49.3 Å². The van der Waals surface area contributed by atoms with Crippen LogP contribution < -0.4 is 5.32 Å². The molecule has 0 spiro atoms. The fourth-order valence-electron chi connectivity index (χ4n) is 10.4. The van der Waals surface area contributed by atoms with Crippen LogP contribution in [0.5, 0.6) is 0 Å². The lowest BCUT2D eigenvalue weighted by molar-refractivity contribution is -0.302. The maximum atomic E-state index is 13.0. The van der Waals surface area contributed by atoms with Gasteiger partial charge in [-0.25, -0.2) is 0 Å². The number of hydrogen-bond donors (Lipinski definition) is 6. The van der Waals surface area contributed by atoms with Gasteiger partial charge in [0.1, 0.15) is 24.4 Å². The topological polar surface area (TPSA) is 175 Å². The van der Waals surface area contributed by atoms with Crippen LogP contribution in [0.3, 0.4) is 0 Å². The number of aliphatic hydroxyl groups is 5. The normalized spacial score (nSPS) is 18.8. The van der Waals surface area contributed by atoms with Crippen LogP contribution >= 0.6 is 0 Å². The average molecular weight is 1080 g/mol. The first-order valence-corrected chi connectivity index (χ1v) is 32.6. The molecule has 11 nitrogen and oxygen atoms in total. The van der Waals surface area contributed by atoms with Gasteiger partial charge in [0.15, 0.2) is 6.29 Å². The van der Waals surface area contributed by atoms with Gasteiger partial charge in [0.2, 0.25) is 5.91 Å². The van der Waals surface area contributed by atoms with Crippen LogP contribution in [0, 0.1) is 0 Å². The number of esters is 1. The summed E-state index contributed by atoms with van der Waals surface area (Å²) in [6.07, 6.45) is 57.3. The Kier molecular flexibility index (Phi) is 52.3. The first kappa shape index (κ1) is 72.2. The Morgan fingerprint density at radius 1 is 0.474 bits per heavy atom. The van der Waals surface area contributed by atoms with E-state index in [1.165, 1.54) is 231 Å². The molecule has 1 heterocycles. The van der Waals surface area contributed by atoms with Crippen LogP contribution in [0.4, 0.5) is 0 Å². The van der Waals surface area contributed by atoms with Crippen LogP contribution in [0.2, 0.25) is 0 Å². The third-order valence-corrected chi connectivity index (χ3v) is 15.6. The number of amides is 1. The van der Waals surface area contributed by atoms with Gasteiger partial charge in [-0.1, -0.05) is 282 Å². The van der Waals surface area contributed by atoms with Gasteiger partial charge < -0.3 is 45.1 Å². The molecule has 11 heteroatoms. The summed E-state index contributed by atoms with van der Waals surface area (Å²) < 4.78 is 16.7. The summed E-state index contributed by atoms with van der Waals surface area (Å²) in [5, 5.41) is 54.3. The maximum Gasteiger partial charge on any atom is 0.305 e. The number of unbranched alkanes of at least 4 members (excludes halogenated alkanes) is 41. The average Bonchev–Trinajstić information content (AvgIpc) is 3.42. The predicted molar refractivity (Wildman–Crippen MR) is 315 cm³/mol. The molecule has 6 N–H and O–H groups in total. The molecule has 1 aliphatic heterocycles. The second kappa shape index (κ2) is 55.1. The van der Waals surface area contributed by atoms with Crippen molar-refractivity contribution >= 4 is 11.9 Å². The lowest BCUT2D eigenvalue weighted by atomic mass is 9.99. The molecule has 0 aromatic rings. The molecule has 1 aliphatic rings. The van der Waals surface area contributed by atoms with E-state index in [4.69, 9.17) is 14.2 Å². The summed E-state index contributed by atoms with van der Waals surface area (Å²) in [7, 11) is 0. The lowest BCUT2D eigenvalue weighted by Gasteiger charge is -2.40. The van der Waals surface area contributed by atoms with E-state index in [1.807, 2.05) is 6.08 Å². The number of carbonyl (C=O) groups is 2. The Balaban J connectivity index is 1.98. The fourth-order valence-corrected chi connectivity index (χ4v) is 10.4. The van der Waals surface area contributed by atoms with E-state index in [-0.39, 0.29) is 18.5 Å². The second-order valence-corrected chi connectivity index (χ2v) is 22.8. The molecule has 0 aromatic carbocycles. The molecular weight excluding hydrogens is 955 g/mol. The predicted octanol–water partition coefficient (Wildman–Crippen LogP) is 15.7. The van der Waals surface area contributed by atoms with Crippen molar-refractivity contribution in [1.29, 1.82) is 0 Å².